The number of hydrogen-bond acceptors (Lipinski definition) is 1. The fourth-order valence-electron chi connectivity index (χ4n) is 3.53. The van der Waals surface area contributed by atoms with E-state index in [-0.39, 0.29) is 0 Å². The predicted molar refractivity (Wildman–Crippen MR) is 74.9 cm³/mol. The zero-order valence-corrected chi connectivity index (χ0v) is 11.2. The number of fused-ring (bicyclic) bond motifs is 1. The smallest absolute Gasteiger partial charge is 0.128 e. The Hall–Kier alpha value is -1.31. The molecule has 18 heavy (non-hydrogen) atoms. The van der Waals surface area contributed by atoms with E-state index in [0.29, 0.717) is 6.04 Å². The maximum absolute atomic E-state index is 8.41. The molecule has 2 unspecified atom stereocenters. The summed E-state index contributed by atoms with van der Waals surface area (Å²) in [6, 6.07) is 8.98. The summed E-state index contributed by atoms with van der Waals surface area (Å²) in [4.78, 5) is 2.35. The number of rotatable bonds is 1. The highest BCUT2D eigenvalue weighted by atomic mass is 15.2. The van der Waals surface area contributed by atoms with Crippen LogP contribution in [0.25, 0.3) is 0 Å². The molecule has 0 radical (unpaired) electrons. The molecule has 1 aromatic carbocycles. The van der Waals surface area contributed by atoms with Crippen molar-refractivity contribution in [1.82, 2.24) is 4.90 Å². The third-order valence-electron chi connectivity index (χ3n) is 4.62. The average Bonchev–Trinajstić information content (AvgIpc) is 2.57. The molecular formula is C16H22N2. The Balaban J connectivity index is 1.84. The lowest BCUT2D eigenvalue weighted by atomic mass is 9.95. The highest BCUT2D eigenvalue weighted by molar-refractivity contribution is 6.00. The van der Waals surface area contributed by atoms with Crippen LogP contribution in [-0.4, -0.2) is 16.8 Å². The predicted octanol–water partition coefficient (Wildman–Crippen LogP) is 3.80. The third-order valence-corrected chi connectivity index (χ3v) is 4.62. The SMILES string of the molecule is CC1CCCCCC1N1Cc2ccccc2C1=N. The molecule has 0 amide bonds. The van der Waals surface area contributed by atoms with E-state index in [4.69, 9.17) is 5.41 Å². The first-order valence-corrected chi connectivity index (χ1v) is 7.21. The van der Waals surface area contributed by atoms with E-state index in [2.05, 4.69) is 30.0 Å². The lowest BCUT2D eigenvalue weighted by Crippen LogP contribution is -2.39. The molecule has 2 heteroatoms. The van der Waals surface area contributed by atoms with E-state index in [9.17, 15) is 0 Å². The minimum absolute atomic E-state index is 0.576. The van der Waals surface area contributed by atoms with Crippen LogP contribution >= 0.6 is 0 Å². The van der Waals surface area contributed by atoms with E-state index in [1.807, 2.05) is 6.07 Å². The van der Waals surface area contributed by atoms with Crippen molar-refractivity contribution in [3.8, 4) is 0 Å². The largest absolute Gasteiger partial charge is 0.349 e. The number of hydrogen-bond donors (Lipinski definition) is 1. The molecule has 1 aliphatic carbocycles. The minimum atomic E-state index is 0.576. The van der Waals surface area contributed by atoms with Crippen LogP contribution < -0.4 is 0 Å². The number of nitrogens with zero attached hydrogens (tertiary/aromatic N) is 1. The van der Waals surface area contributed by atoms with E-state index >= 15 is 0 Å². The van der Waals surface area contributed by atoms with Crippen LogP contribution in [0.2, 0.25) is 0 Å². The minimum Gasteiger partial charge on any atom is -0.349 e. The van der Waals surface area contributed by atoms with Gasteiger partial charge in [0.15, 0.2) is 0 Å². The van der Waals surface area contributed by atoms with Gasteiger partial charge in [-0.2, -0.15) is 0 Å². The van der Waals surface area contributed by atoms with Crippen molar-refractivity contribution in [2.45, 2.75) is 51.6 Å². The quantitative estimate of drug-likeness (QED) is 0.745. The van der Waals surface area contributed by atoms with Crippen molar-refractivity contribution in [3.63, 3.8) is 0 Å². The molecule has 1 aromatic rings. The van der Waals surface area contributed by atoms with Crippen LogP contribution in [0.4, 0.5) is 0 Å². The van der Waals surface area contributed by atoms with Crippen LogP contribution in [0.5, 0.6) is 0 Å². The maximum atomic E-state index is 8.41. The Morgan fingerprint density at radius 2 is 1.89 bits per heavy atom. The van der Waals surface area contributed by atoms with E-state index in [1.54, 1.807) is 0 Å². The molecule has 96 valence electrons. The summed E-state index contributed by atoms with van der Waals surface area (Å²) in [5.74, 6) is 1.48. The van der Waals surface area contributed by atoms with Gasteiger partial charge in [0, 0.05) is 18.2 Å². The summed E-state index contributed by atoms with van der Waals surface area (Å²) in [6.45, 7) is 3.32. The summed E-state index contributed by atoms with van der Waals surface area (Å²) < 4.78 is 0. The lowest BCUT2D eigenvalue weighted by Gasteiger charge is -2.33. The molecule has 1 N–H and O–H groups in total. The first kappa shape index (κ1) is 11.8. The van der Waals surface area contributed by atoms with E-state index < -0.39 is 0 Å². The molecule has 0 aromatic heterocycles. The fourth-order valence-corrected chi connectivity index (χ4v) is 3.53. The van der Waals surface area contributed by atoms with Crippen LogP contribution in [-0.2, 0) is 6.54 Å². The molecule has 1 fully saturated rings. The van der Waals surface area contributed by atoms with Crippen molar-refractivity contribution in [3.05, 3.63) is 35.4 Å². The number of amidine groups is 1. The summed E-state index contributed by atoms with van der Waals surface area (Å²) in [6.07, 6.45) is 6.65. The number of nitrogens with one attached hydrogen (secondary N) is 1. The maximum Gasteiger partial charge on any atom is 0.128 e. The van der Waals surface area contributed by atoms with Crippen LogP contribution in [0.15, 0.2) is 24.3 Å². The van der Waals surface area contributed by atoms with Crippen LogP contribution in [0.1, 0.15) is 50.2 Å². The fraction of sp³-hybridized carbons (Fsp3) is 0.562. The molecule has 0 bridgehead atoms. The van der Waals surface area contributed by atoms with Crippen molar-refractivity contribution in [2.75, 3.05) is 0 Å². The first-order chi connectivity index (χ1) is 8.77. The second kappa shape index (κ2) is 4.75. The summed E-state index contributed by atoms with van der Waals surface area (Å²) in [7, 11) is 0. The van der Waals surface area contributed by atoms with Gasteiger partial charge in [-0.3, -0.25) is 5.41 Å². The molecule has 2 atom stereocenters. The normalized spacial score (nSPS) is 28.1. The Kier molecular flexibility index (Phi) is 3.11. The Morgan fingerprint density at radius 1 is 1.11 bits per heavy atom. The van der Waals surface area contributed by atoms with Gasteiger partial charge in [0.2, 0.25) is 0 Å². The molecule has 2 nitrogen and oxygen atoms in total. The molecular weight excluding hydrogens is 220 g/mol. The van der Waals surface area contributed by atoms with Gasteiger partial charge in [-0.05, 0) is 24.3 Å². The zero-order valence-electron chi connectivity index (χ0n) is 11.2. The number of benzene rings is 1. The Bertz CT molecular complexity index is 452. The Labute approximate surface area is 110 Å². The van der Waals surface area contributed by atoms with Crippen LogP contribution in [0.3, 0.4) is 0 Å². The van der Waals surface area contributed by atoms with Gasteiger partial charge < -0.3 is 4.90 Å². The second-order valence-corrected chi connectivity index (χ2v) is 5.82. The van der Waals surface area contributed by atoms with Crippen molar-refractivity contribution >= 4 is 5.84 Å². The highest BCUT2D eigenvalue weighted by Crippen LogP contribution is 2.32. The zero-order chi connectivity index (χ0) is 12.5. The standard InChI is InChI=1S/C16H22N2/c1-12-7-3-2-4-10-15(12)18-11-13-8-5-6-9-14(13)16(18)17/h5-6,8-9,12,15,17H,2-4,7,10-11H2,1H3. The van der Waals surface area contributed by atoms with Gasteiger partial charge in [-0.25, -0.2) is 0 Å². The molecule has 1 heterocycles. The summed E-state index contributed by atoms with van der Waals surface area (Å²) in [5.41, 5.74) is 2.48. The van der Waals surface area contributed by atoms with Crippen molar-refractivity contribution in [2.24, 2.45) is 5.92 Å². The average molecular weight is 242 g/mol. The monoisotopic (exact) mass is 242 g/mol. The van der Waals surface area contributed by atoms with E-state index in [0.717, 1.165) is 23.9 Å². The first-order valence-electron chi connectivity index (χ1n) is 7.21. The van der Waals surface area contributed by atoms with Gasteiger partial charge in [-0.1, -0.05) is 50.5 Å². The van der Waals surface area contributed by atoms with Gasteiger partial charge >= 0.3 is 0 Å². The van der Waals surface area contributed by atoms with Gasteiger partial charge in [0.25, 0.3) is 0 Å². The van der Waals surface area contributed by atoms with Gasteiger partial charge in [-0.15, -0.1) is 0 Å². The second-order valence-electron chi connectivity index (χ2n) is 5.82. The molecule has 1 aliphatic heterocycles. The molecule has 1 saturated carbocycles. The molecule has 3 rings (SSSR count). The molecule has 0 spiro atoms. The topological polar surface area (TPSA) is 27.1 Å². The van der Waals surface area contributed by atoms with E-state index in [1.165, 1.54) is 37.7 Å². The lowest BCUT2D eigenvalue weighted by molar-refractivity contribution is 0.225. The Morgan fingerprint density at radius 3 is 2.72 bits per heavy atom. The van der Waals surface area contributed by atoms with Crippen molar-refractivity contribution in [1.29, 1.82) is 5.41 Å². The van der Waals surface area contributed by atoms with Crippen molar-refractivity contribution < 1.29 is 0 Å². The molecule has 0 saturated heterocycles. The third kappa shape index (κ3) is 1.94. The summed E-state index contributed by atoms with van der Waals surface area (Å²) >= 11 is 0. The highest BCUT2D eigenvalue weighted by Gasteiger charge is 2.32. The molecule has 2 aliphatic rings. The van der Waals surface area contributed by atoms with Gasteiger partial charge in [0.1, 0.15) is 5.84 Å². The van der Waals surface area contributed by atoms with Gasteiger partial charge in [0.05, 0.1) is 0 Å². The summed E-state index contributed by atoms with van der Waals surface area (Å²) in [5, 5.41) is 8.41. The van der Waals surface area contributed by atoms with Crippen LogP contribution in [0, 0.1) is 11.3 Å².